The summed E-state index contributed by atoms with van der Waals surface area (Å²) in [5, 5.41) is 14.9. The van der Waals surface area contributed by atoms with Crippen LogP contribution in [0.25, 0.3) is 0 Å². The molecule has 0 saturated carbocycles. The van der Waals surface area contributed by atoms with Crippen molar-refractivity contribution in [2.24, 2.45) is 4.99 Å². The lowest BCUT2D eigenvalue weighted by Gasteiger charge is -2.28. The third-order valence-corrected chi connectivity index (χ3v) is 7.39. The number of amidine groups is 1. The van der Waals surface area contributed by atoms with Gasteiger partial charge in [-0.05, 0) is 58.7 Å². The lowest BCUT2D eigenvalue weighted by Crippen LogP contribution is -2.57. The van der Waals surface area contributed by atoms with E-state index in [2.05, 4.69) is 31.6 Å². The van der Waals surface area contributed by atoms with Gasteiger partial charge in [0.1, 0.15) is 11.4 Å². The number of aliphatic imine (C=N–C) groups is 1. The largest absolute Gasteiger partial charge is 0.379 e. The third kappa shape index (κ3) is 5.31. The van der Waals surface area contributed by atoms with E-state index >= 15 is 0 Å². The van der Waals surface area contributed by atoms with Crippen molar-refractivity contribution >= 4 is 56.3 Å². The Kier molecular flexibility index (Phi) is 7.63. The molecule has 1 atom stereocenters. The van der Waals surface area contributed by atoms with Gasteiger partial charge in [0.15, 0.2) is 0 Å². The molecule has 1 aromatic carbocycles. The molecular formula is C23H24BrN5O4S. The molecule has 1 aromatic heterocycles. The van der Waals surface area contributed by atoms with Crippen molar-refractivity contribution in [1.29, 1.82) is 5.26 Å². The third-order valence-electron chi connectivity index (χ3n) is 5.77. The molecule has 34 heavy (non-hydrogen) atoms. The summed E-state index contributed by atoms with van der Waals surface area (Å²) in [5.74, 6) is 0.0245. The number of hydrogen-bond acceptors (Lipinski definition) is 7. The summed E-state index contributed by atoms with van der Waals surface area (Å²) in [6, 6.07) is 9.07. The monoisotopic (exact) mass is 545 g/mol. The molecule has 2 aliphatic heterocycles. The maximum atomic E-state index is 13.3. The second kappa shape index (κ2) is 10.7. The number of nitrogens with zero attached hydrogens (tertiary/aromatic N) is 3. The van der Waals surface area contributed by atoms with Crippen LogP contribution in [0.5, 0.6) is 0 Å². The number of carbonyl (C=O) groups is 2. The van der Waals surface area contributed by atoms with Gasteiger partial charge < -0.3 is 25.0 Å². The van der Waals surface area contributed by atoms with Crippen LogP contribution in [0, 0.1) is 18.4 Å². The molecule has 0 unspecified atom stereocenters. The van der Waals surface area contributed by atoms with Gasteiger partial charge in [0.25, 0.3) is 11.8 Å². The molecule has 0 radical (unpaired) electrons. The maximum absolute atomic E-state index is 13.3. The summed E-state index contributed by atoms with van der Waals surface area (Å²) < 4.78 is 11.9. The minimum Gasteiger partial charge on any atom is -0.379 e. The fraction of sp³-hybridized carbons (Fsp3) is 0.391. The van der Waals surface area contributed by atoms with E-state index in [4.69, 9.17) is 14.7 Å². The number of nitriles is 1. The zero-order chi connectivity index (χ0) is 24.1. The molecule has 0 spiro atoms. The Labute approximate surface area is 209 Å². The van der Waals surface area contributed by atoms with E-state index in [0.717, 1.165) is 15.0 Å². The number of rotatable bonds is 5. The first kappa shape index (κ1) is 24.3. The highest BCUT2D eigenvalue weighted by molar-refractivity contribution is 9.11. The maximum Gasteiger partial charge on any atom is 0.262 e. The van der Waals surface area contributed by atoms with Crippen LogP contribution < -0.4 is 15.5 Å². The van der Waals surface area contributed by atoms with E-state index in [1.807, 2.05) is 30.1 Å². The number of anilines is 2. The Morgan fingerprint density at radius 1 is 1.24 bits per heavy atom. The van der Waals surface area contributed by atoms with Crippen LogP contribution in [-0.4, -0.2) is 56.2 Å². The Bertz CT molecular complexity index is 1150. The van der Waals surface area contributed by atoms with Gasteiger partial charge in [-0.15, -0.1) is 11.3 Å². The summed E-state index contributed by atoms with van der Waals surface area (Å²) in [5.41, 5.74) is 1.27. The van der Waals surface area contributed by atoms with Crippen LogP contribution in [0.4, 0.5) is 11.4 Å². The van der Waals surface area contributed by atoms with Gasteiger partial charge in [-0.3, -0.25) is 9.59 Å². The van der Waals surface area contributed by atoms with Crippen molar-refractivity contribution in [2.75, 3.05) is 43.2 Å². The number of hydrogen-bond donors (Lipinski definition) is 2. The summed E-state index contributed by atoms with van der Waals surface area (Å²) in [4.78, 5) is 32.5. The predicted molar refractivity (Wildman–Crippen MR) is 133 cm³/mol. The second-order valence-corrected chi connectivity index (χ2v) is 10.5. The van der Waals surface area contributed by atoms with Gasteiger partial charge in [-0.1, -0.05) is 0 Å². The lowest BCUT2D eigenvalue weighted by molar-refractivity contribution is -0.122. The van der Waals surface area contributed by atoms with Crippen molar-refractivity contribution in [2.45, 2.75) is 25.3 Å². The Morgan fingerprint density at radius 3 is 2.76 bits per heavy atom. The van der Waals surface area contributed by atoms with Crippen LogP contribution in [0.3, 0.4) is 0 Å². The summed E-state index contributed by atoms with van der Waals surface area (Å²) in [6.07, 6.45) is 2.81. The van der Waals surface area contributed by atoms with E-state index in [1.165, 1.54) is 11.3 Å². The first-order chi connectivity index (χ1) is 16.4. The number of carbonyl (C=O) groups excluding carboxylic acids is 2. The van der Waals surface area contributed by atoms with Gasteiger partial charge in [-0.2, -0.15) is 10.3 Å². The first-order valence-corrected chi connectivity index (χ1v) is 12.4. The van der Waals surface area contributed by atoms with E-state index in [1.54, 1.807) is 18.2 Å². The van der Waals surface area contributed by atoms with Crippen molar-refractivity contribution < 1.29 is 19.1 Å². The summed E-state index contributed by atoms with van der Waals surface area (Å²) >= 11 is 4.66. The van der Waals surface area contributed by atoms with Crippen LogP contribution >= 0.6 is 27.3 Å². The van der Waals surface area contributed by atoms with E-state index in [0.29, 0.717) is 55.6 Å². The number of thiophene rings is 1. The number of nitrogens with one attached hydrogen (secondary N) is 2. The minimum absolute atomic E-state index is 0.107. The lowest BCUT2D eigenvalue weighted by atomic mass is 9.96. The van der Waals surface area contributed by atoms with Crippen molar-refractivity contribution in [3.8, 4) is 6.19 Å². The van der Waals surface area contributed by atoms with Crippen LogP contribution in [-0.2, 0) is 14.3 Å². The number of benzene rings is 1. The number of amides is 2. The van der Waals surface area contributed by atoms with Gasteiger partial charge in [0.05, 0.1) is 28.5 Å². The summed E-state index contributed by atoms with van der Waals surface area (Å²) in [7, 11) is 0. The average Bonchev–Trinajstić information content (AvgIpc) is 3.40. The zero-order valence-corrected chi connectivity index (χ0v) is 21.0. The molecule has 178 valence electrons. The topological polar surface area (TPSA) is 116 Å². The molecule has 2 aliphatic rings. The molecule has 4 rings (SSSR count). The molecular weight excluding hydrogens is 522 g/mol. The molecule has 2 aromatic rings. The van der Waals surface area contributed by atoms with Crippen LogP contribution in [0.15, 0.2) is 39.1 Å². The van der Waals surface area contributed by atoms with Crippen molar-refractivity contribution in [1.82, 2.24) is 5.32 Å². The van der Waals surface area contributed by atoms with Crippen molar-refractivity contribution in [3.05, 3.63) is 44.6 Å². The normalized spacial score (nSPS) is 21.7. The van der Waals surface area contributed by atoms with E-state index < -0.39 is 5.54 Å². The highest BCUT2D eigenvalue weighted by Crippen LogP contribution is 2.28. The Morgan fingerprint density at radius 2 is 2.09 bits per heavy atom. The van der Waals surface area contributed by atoms with E-state index in [-0.39, 0.29) is 18.4 Å². The fourth-order valence-electron chi connectivity index (χ4n) is 4.02. The molecule has 2 saturated heterocycles. The van der Waals surface area contributed by atoms with E-state index in [9.17, 15) is 9.59 Å². The zero-order valence-electron chi connectivity index (χ0n) is 18.6. The quantitative estimate of drug-likeness (QED) is 0.556. The minimum atomic E-state index is -1.14. The average molecular weight is 546 g/mol. The standard InChI is InChI=1S/C23H24BrN5O4S/c1-15-12-16(2-3-17(15)29-8-11-32-9-6-20(29)26-14-25)27-22(31)23(7-10-33-13-23)28-21(30)18-4-5-19(24)34-18/h2-5,12H,6-11,13H2,1H3,(H,27,31)(H,28,30)/t23-/m0/s1. The summed E-state index contributed by atoms with van der Waals surface area (Å²) in [6.45, 7) is 4.06. The first-order valence-electron chi connectivity index (χ1n) is 10.8. The molecule has 0 aliphatic carbocycles. The number of aryl methyl sites for hydroxylation is 1. The molecule has 0 bridgehead atoms. The van der Waals surface area contributed by atoms with Crippen LogP contribution in [0.2, 0.25) is 0 Å². The van der Waals surface area contributed by atoms with Gasteiger partial charge in [0, 0.05) is 37.4 Å². The van der Waals surface area contributed by atoms with Crippen LogP contribution in [0.1, 0.15) is 28.1 Å². The molecule has 2 N–H and O–H groups in total. The molecule has 2 fully saturated rings. The number of ether oxygens (including phenoxy) is 2. The Hall–Kier alpha value is -2.78. The smallest absolute Gasteiger partial charge is 0.262 e. The SMILES string of the molecule is Cc1cc(NC(=O)[C@]2(NC(=O)c3ccc(Br)s3)CCOC2)ccc1N1CCOCCC1=NC#N. The molecule has 11 heteroatoms. The van der Waals surface area contributed by atoms with Gasteiger partial charge in [-0.25, -0.2) is 0 Å². The Balaban J connectivity index is 1.51. The van der Waals surface area contributed by atoms with Gasteiger partial charge in [0.2, 0.25) is 6.19 Å². The number of halogens is 1. The molecule has 9 nitrogen and oxygen atoms in total. The highest BCUT2D eigenvalue weighted by atomic mass is 79.9. The fourth-order valence-corrected chi connectivity index (χ4v) is 5.30. The molecule has 2 amide bonds. The predicted octanol–water partition coefficient (Wildman–Crippen LogP) is 3.45. The second-order valence-electron chi connectivity index (χ2n) is 8.04. The van der Waals surface area contributed by atoms with Gasteiger partial charge >= 0.3 is 0 Å². The molecule has 3 heterocycles. The highest BCUT2D eigenvalue weighted by Gasteiger charge is 2.44. The van der Waals surface area contributed by atoms with Crippen molar-refractivity contribution in [3.63, 3.8) is 0 Å².